The predicted molar refractivity (Wildman–Crippen MR) is 102 cm³/mol. The van der Waals surface area contributed by atoms with Gasteiger partial charge in [0.05, 0.1) is 11.6 Å². The molecule has 0 fully saturated rings. The number of aromatic nitrogens is 3. The standard InChI is InChI=1S/C19H24N4O2S/c1-19(2,3)15-10-16(24)23-11-14(12-26-18(23)22-15)17(25)21-9-6-13-4-7-20-8-5-13/h4-5,7-8,10,14H,6,9,11-12H2,1-3H3,(H,21,25). The summed E-state index contributed by atoms with van der Waals surface area (Å²) in [7, 11) is 0. The molecule has 0 saturated heterocycles. The van der Waals surface area contributed by atoms with Crippen LogP contribution in [0.3, 0.4) is 0 Å². The molecular weight excluding hydrogens is 348 g/mol. The van der Waals surface area contributed by atoms with E-state index in [9.17, 15) is 9.59 Å². The highest BCUT2D eigenvalue weighted by Gasteiger charge is 2.28. The average Bonchev–Trinajstić information content (AvgIpc) is 2.61. The summed E-state index contributed by atoms with van der Waals surface area (Å²) >= 11 is 1.48. The number of nitrogens with zero attached hydrogens (tertiary/aromatic N) is 3. The van der Waals surface area contributed by atoms with Gasteiger partial charge in [0.15, 0.2) is 5.16 Å². The van der Waals surface area contributed by atoms with E-state index in [4.69, 9.17) is 0 Å². The van der Waals surface area contributed by atoms with Gasteiger partial charge in [-0.15, -0.1) is 0 Å². The Morgan fingerprint density at radius 1 is 1.35 bits per heavy atom. The zero-order valence-corrected chi connectivity index (χ0v) is 16.2. The summed E-state index contributed by atoms with van der Waals surface area (Å²) in [6.45, 7) is 7.09. The van der Waals surface area contributed by atoms with Crippen molar-refractivity contribution in [2.24, 2.45) is 5.92 Å². The average molecular weight is 372 g/mol. The molecule has 3 heterocycles. The van der Waals surface area contributed by atoms with Crippen LogP contribution in [0.1, 0.15) is 32.0 Å². The maximum atomic E-state index is 12.5. The van der Waals surface area contributed by atoms with Crippen LogP contribution in [0.25, 0.3) is 0 Å². The highest BCUT2D eigenvalue weighted by atomic mass is 32.2. The van der Waals surface area contributed by atoms with Crippen molar-refractivity contribution in [3.63, 3.8) is 0 Å². The molecule has 0 bridgehead atoms. The lowest BCUT2D eigenvalue weighted by Gasteiger charge is -2.26. The molecule has 1 aliphatic rings. The number of amides is 1. The highest BCUT2D eigenvalue weighted by molar-refractivity contribution is 7.99. The summed E-state index contributed by atoms with van der Waals surface area (Å²) in [4.78, 5) is 33.5. The van der Waals surface area contributed by atoms with Gasteiger partial charge in [0.2, 0.25) is 5.91 Å². The van der Waals surface area contributed by atoms with Crippen molar-refractivity contribution in [1.29, 1.82) is 0 Å². The maximum absolute atomic E-state index is 12.5. The van der Waals surface area contributed by atoms with E-state index in [0.717, 1.165) is 17.7 Å². The molecule has 0 saturated carbocycles. The summed E-state index contributed by atoms with van der Waals surface area (Å²) in [5.74, 6) is 0.412. The van der Waals surface area contributed by atoms with Crippen molar-refractivity contribution < 1.29 is 4.79 Å². The van der Waals surface area contributed by atoms with Gasteiger partial charge in [-0.1, -0.05) is 32.5 Å². The van der Waals surface area contributed by atoms with Gasteiger partial charge < -0.3 is 5.32 Å². The Bertz CT molecular complexity index is 843. The summed E-state index contributed by atoms with van der Waals surface area (Å²) in [6, 6.07) is 5.47. The van der Waals surface area contributed by atoms with Gasteiger partial charge >= 0.3 is 0 Å². The minimum atomic E-state index is -0.218. The molecule has 0 aliphatic carbocycles. The first-order valence-corrected chi connectivity index (χ1v) is 9.75. The van der Waals surface area contributed by atoms with Crippen molar-refractivity contribution in [3.8, 4) is 0 Å². The first-order valence-electron chi connectivity index (χ1n) is 8.76. The van der Waals surface area contributed by atoms with E-state index in [-0.39, 0.29) is 22.8 Å². The third kappa shape index (κ3) is 4.33. The fraction of sp³-hybridized carbons (Fsp3) is 0.474. The number of hydrogen-bond donors (Lipinski definition) is 1. The number of hydrogen-bond acceptors (Lipinski definition) is 5. The molecular formula is C19H24N4O2S. The molecule has 0 radical (unpaired) electrons. The minimum absolute atomic E-state index is 0.0102. The van der Waals surface area contributed by atoms with E-state index in [0.29, 0.717) is 24.0 Å². The maximum Gasteiger partial charge on any atom is 0.254 e. The van der Waals surface area contributed by atoms with Crippen molar-refractivity contribution in [3.05, 3.63) is 52.2 Å². The second-order valence-corrected chi connectivity index (χ2v) is 8.51. The molecule has 2 aromatic rings. The van der Waals surface area contributed by atoms with Gasteiger partial charge in [-0.3, -0.25) is 19.1 Å². The Morgan fingerprint density at radius 2 is 2.08 bits per heavy atom. The smallest absolute Gasteiger partial charge is 0.254 e. The molecule has 1 N–H and O–H groups in total. The number of fused-ring (bicyclic) bond motifs is 1. The molecule has 26 heavy (non-hydrogen) atoms. The third-order valence-corrected chi connectivity index (χ3v) is 5.53. The van der Waals surface area contributed by atoms with Crippen LogP contribution in [0.15, 0.2) is 40.5 Å². The molecule has 138 valence electrons. The second kappa shape index (κ2) is 7.61. The molecule has 1 aliphatic heterocycles. The second-order valence-electron chi connectivity index (χ2n) is 7.53. The normalized spacial score (nSPS) is 16.8. The fourth-order valence-electron chi connectivity index (χ4n) is 2.78. The Kier molecular flexibility index (Phi) is 5.46. The van der Waals surface area contributed by atoms with Crippen LogP contribution in [0.4, 0.5) is 0 Å². The van der Waals surface area contributed by atoms with Gasteiger partial charge in [-0.25, -0.2) is 4.98 Å². The molecule has 7 heteroatoms. The Hall–Kier alpha value is -2.15. The summed E-state index contributed by atoms with van der Waals surface area (Å²) < 4.78 is 1.62. The van der Waals surface area contributed by atoms with Crippen LogP contribution in [-0.2, 0) is 23.2 Å². The van der Waals surface area contributed by atoms with Crippen LogP contribution >= 0.6 is 11.8 Å². The molecule has 0 aromatic carbocycles. The van der Waals surface area contributed by atoms with Crippen LogP contribution in [0.5, 0.6) is 0 Å². The highest BCUT2D eigenvalue weighted by Crippen LogP contribution is 2.27. The number of nitrogens with one attached hydrogen (secondary N) is 1. The van der Waals surface area contributed by atoms with E-state index in [1.807, 2.05) is 32.9 Å². The molecule has 1 unspecified atom stereocenters. The number of carbonyl (C=O) groups is 1. The molecule has 6 nitrogen and oxygen atoms in total. The van der Waals surface area contributed by atoms with E-state index in [1.54, 1.807) is 23.0 Å². The van der Waals surface area contributed by atoms with E-state index in [2.05, 4.69) is 15.3 Å². The number of carbonyl (C=O) groups excluding carboxylic acids is 1. The topological polar surface area (TPSA) is 76.9 Å². The fourth-order valence-corrected chi connectivity index (χ4v) is 3.87. The summed E-state index contributed by atoms with van der Waals surface area (Å²) in [5.41, 5.74) is 1.68. The van der Waals surface area contributed by atoms with Gasteiger partial charge in [0.25, 0.3) is 5.56 Å². The Labute approximate surface area is 157 Å². The molecule has 3 rings (SSSR count). The first-order chi connectivity index (χ1) is 12.3. The Morgan fingerprint density at radius 3 is 2.77 bits per heavy atom. The summed E-state index contributed by atoms with van der Waals surface area (Å²) in [5, 5.41) is 3.69. The number of thioether (sulfide) groups is 1. The van der Waals surface area contributed by atoms with Gasteiger partial charge in [-0.05, 0) is 24.1 Å². The monoisotopic (exact) mass is 372 g/mol. The van der Waals surface area contributed by atoms with Crippen LogP contribution in [0, 0.1) is 5.92 Å². The van der Waals surface area contributed by atoms with Gasteiger partial charge in [0.1, 0.15) is 0 Å². The Balaban J connectivity index is 1.63. The predicted octanol–water partition coefficient (Wildman–Crippen LogP) is 2.02. The van der Waals surface area contributed by atoms with Gasteiger partial charge in [-0.2, -0.15) is 0 Å². The van der Waals surface area contributed by atoms with Crippen molar-refractivity contribution in [2.45, 2.75) is 44.3 Å². The van der Waals surface area contributed by atoms with Crippen molar-refractivity contribution in [1.82, 2.24) is 19.9 Å². The lowest BCUT2D eigenvalue weighted by atomic mass is 9.92. The minimum Gasteiger partial charge on any atom is -0.355 e. The SMILES string of the molecule is CC(C)(C)c1cc(=O)n2c(n1)SCC(C(=O)NCCc1ccncc1)C2. The van der Waals surface area contributed by atoms with E-state index >= 15 is 0 Å². The van der Waals surface area contributed by atoms with Crippen LogP contribution < -0.4 is 10.9 Å². The lowest BCUT2D eigenvalue weighted by Crippen LogP contribution is -2.41. The number of rotatable bonds is 4. The molecule has 0 spiro atoms. The molecule has 1 amide bonds. The third-order valence-electron chi connectivity index (χ3n) is 4.39. The quantitative estimate of drug-likeness (QED) is 0.831. The summed E-state index contributed by atoms with van der Waals surface area (Å²) in [6.07, 6.45) is 4.26. The zero-order valence-electron chi connectivity index (χ0n) is 15.4. The lowest BCUT2D eigenvalue weighted by molar-refractivity contribution is -0.124. The first kappa shape index (κ1) is 18.6. The van der Waals surface area contributed by atoms with Crippen LogP contribution in [-0.4, -0.2) is 32.7 Å². The van der Waals surface area contributed by atoms with Crippen LogP contribution in [0.2, 0.25) is 0 Å². The zero-order chi connectivity index (χ0) is 18.7. The number of pyridine rings is 1. The molecule has 2 aromatic heterocycles. The largest absolute Gasteiger partial charge is 0.355 e. The van der Waals surface area contributed by atoms with Gasteiger partial charge in [0, 0.05) is 42.7 Å². The molecule has 1 atom stereocenters. The van der Waals surface area contributed by atoms with E-state index in [1.165, 1.54) is 11.8 Å². The van der Waals surface area contributed by atoms with Crippen molar-refractivity contribution >= 4 is 17.7 Å². The van der Waals surface area contributed by atoms with E-state index < -0.39 is 0 Å². The van der Waals surface area contributed by atoms with Crippen molar-refractivity contribution in [2.75, 3.05) is 12.3 Å².